The summed E-state index contributed by atoms with van der Waals surface area (Å²) in [6.45, 7) is 5.18. The van der Waals surface area contributed by atoms with Crippen molar-refractivity contribution in [2.24, 2.45) is 4.99 Å². The minimum Gasteiger partial charge on any atom is -0.344 e. The van der Waals surface area contributed by atoms with Crippen molar-refractivity contribution in [2.75, 3.05) is 5.32 Å². The number of aliphatic imine (C=N–C) groups is 1. The molecule has 0 saturated heterocycles. The number of halogens is 1. The van der Waals surface area contributed by atoms with Gasteiger partial charge in [0, 0.05) is 17.1 Å². The van der Waals surface area contributed by atoms with Gasteiger partial charge in [-0.25, -0.2) is 0 Å². The van der Waals surface area contributed by atoms with Gasteiger partial charge in [-0.2, -0.15) is 0 Å². The van der Waals surface area contributed by atoms with Crippen LogP contribution in [0.3, 0.4) is 0 Å². The van der Waals surface area contributed by atoms with Gasteiger partial charge in [-0.05, 0) is 34.7 Å². The van der Waals surface area contributed by atoms with Gasteiger partial charge in [-0.1, -0.05) is 55.8 Å². The maximum atomic E-state index is 6.12. The Bertz CT molecular complexity index is 675. The number of rotatable bonds is 2. The Hall–Kier alpha value is -1.80. The SMILES string of the molecule is CC1(C)CC(=NCc2ccccc2)Nc2ccc(Cl)cc21. The van der Waals surface area contributed by atoms with E-state index in [0.29, 0.717) is 6.54 Å². The van der Waals surface area contributed by atoms with Crippen LogP contribution >= 0.6 is 11.6 Å². The highest BCUT2D eigenvalue weighted by Crippen LogP contribution is 2.38. The van der Waals surface area contributed by atoms with Crippen LogP contribution in [-0.4, -0.2) is 5.84 Å². The standard InChI is InChI=1S/C18H19ClN2/c1-18(2)11-17(20-12-13-6-4-3-5-7-13)21-16-9-8-14(19)10-15(16)18/h3-10H,11-12H2,1-2H3,(H,20,21). The lowest BCUT2D eigenvalue weighted by atomic mass is 9.78. The average Bonchev–Trinajstić information content (AvgIpc) is 2.47. The van der Waals surface area contributed by atoms with Crippen LogP contribution in [0.1, 0.15) is 31.4 Å². The summed E-state index contributed by atoms with van der Waals surface area (Å²) in [6, 6.07) is 16.3. The fourth-order valence-corrected chi connectivity index (χ4v) is 2.94. The van der Waals surface area contributed by atoms with E-state index in [-0.39, 0.29) is 5.41 Å². The number of hydrogen-bond donors (Lipinski definition) is 1. The van der Waals surface area contributed by atoms with E-state index in [0.717, 1.165) is 23.0 Å². The second-order valence-corrected chi connectivity index (χ2v) is 6.56. The lowest BCUT2D eigenvalue weighted by Crippen LogP contribution is -2.32. The van der Waals surface area contributed by atoms with Crippen molar-refractivity contribution in [2.45, 2.75) is 32.2 Å². The molecule has 1 aliphatic heterocycles. The van der Waals surface area contributed by atoms with Crippen LogP contribution in [0, 0.1) is 0 Å². The highest BCUT2D eigenvalue weighted by Gasteiger charge is 2.30. The number of amidine groups is 1. The normalized spacial score (nSPS) is 18.1. The van der Waals surface area contributed by atoms with Crippen LogP contribution < -0.4 is 5.32 Å². The van der Waals surface area contributed by atoms with Gasteiger partial charge in [0.1, 0.15) is 5.84 Å². The third-order valence-electron chi connectivity index (χ3n) is 3.89. The predicted octanol–water partition coefficient (Wildman–Crippen LogP) is 5.03. The van der Waals surface area contributed by atoms with E-state index in [1.807, 2.05) is 30.3 Å². The molecular weight excluding hydrogens is 280 g/mol. The van der Waals surface area contributed by atoms with E-state index in [1.54, 1.807) is 0 Å². The summed E-state index contributed by atoms with van der Waals surface area (Å²) in [5, 5.41) is 4.23. The summed E-state index contributed by atoms with van der Waals surface area (Å²) in [5.41, 5.74) is 3.64. The molecule has 1 heterocycles. The molecule has 0 aliphatic carbocycles. The number of fused-ring (bicyclic) bond motifs is 1. The summed E-state index contributed by atoms with van der Waals surface area (Å²) in [4.78, 5) is 4.74. The molecule has 2 aromatic rings. The second kappa shape index (κ2) is 5.53. The molecule has 1 aliphatic rings. The van der Waals surface area contributed by atoms with Crippen LogP contribution in [0.15, 0.2) is 53.5 Å². The number of hydrogen-bond acceptors (Lipinski definition) is 1. The number of nitrogens with one attached hydrogen (secondary N) is 1. The fourth-order valence-electron chi connectivity index (χ4n) is 2.76. The Balaban J connectivity index is 1.86. The molecule has 0 aromatic heterocycles. The molecule has 3 rings (SSSR count). The zero-order valence-corrected chi connectivity index (χ0v) is 13.1. The van der Waals surface area contributed by atoms with Crippen molar-refractivity contribution in [3.05, 3.63) is 64.7 Å². The maximum Gasteiger partial charge on any atom is 0.102 e. The van der Waals surface area contributed by atoms with Gasteiger partial charge in [-0.15, -0.1) is 0 Å². The van der Waals surface area contributed by atoms with Crippen molar-refractivity contribution in [3.8, 4) is 0 Å². The van der Waals surface area contributed by atoms with Gasteiger partial charge < -0.3 is 5.32 Å². The van der Waals surface area contributed by atoms with E-state index >= 15 is 0 Å². The molecule has 2 aromatic carbocycles. The molecule has 0 atom stereocenters. The summed E-state index contributed by atoms with van der Waals surface area (Å²) in [6.07, 6.45) is 0.896. The van der Waals surface area contributed by atoms with Crippen molar-refractivity contribution < 1.29 is 0 Å². The fraction of sp³-hybridized carbons (Fsp3) is 0.278. The molecule has 2 nitrogen and oxygen atoms in total. The Morgan fingerprint density at radius 1 is 1.14 bits per heavy atom. The van der Waals surface area contributed by atoms with Crippen LogP contribution in [0.4, 0.5) is 5.69 Å². The topological polar surface area (TPSA) is 24.4 Å². The highest BCUT2D eigenvalue weighted by molar-refractivity contribution is 6.30. The Morgan fingerprint density at radius 2 is 1.90 bits per heavy atom. The Kier molecular flexibility index (Phi) is 3.73. The van der Waals surface area contributed by atoms with Crippen molar-refractivity contribution in [3.63, 3.8) is 0 Å². The molecule has 1 N–H and O–H groups in total. The van der Waals surface area contributed by atoms with Crippen molar-refractivity contribution >= 4 is 23.1 Å². The molecule has 0 amide bonds. The van der Waals surface area contributed by atoms with Crippen molar-refractivity contribution in [1.29, 1.82) is 0 Å². The maximum absolute atomic E-state index is 6.12. The molecule has 0 spiro atoms. The first-order valence-electron chi connectivity index (χ1n) is 7.19. The Morgan fingerprint density at radius 3 is 2.67 bits per heavy atom. The van der Waals surface area contributed by atoms with Gasteiger partial charge in [-0.3, -0.25) is 4.99 Å². The Labute approximate surface area is 130 Å². The molecule has 0 saturated carbocycles. The lowest BCUT2D eigenvalue weighted by Gasteiger charge is -2.34. The highest BCUT2D eigenvalue weighted by atomic mass is 35.5. The zero-order valence-electron chi connectivity index (χ0n) is 12.4. The number of anilines is 1. The van der Waals surface area contributed by atoms with Gasteiger partial charge in [0.2, 0.25) is 0 Å². The van der Waals surface area contributed by atoms with Crippen LogP contribution in [-0.2, 0) is 12.0 Å². The minimum atomic E-state index is 0.0427. The monoisotopic (exact) mass is 298 g/mol. The van der Waals surface area contributed by atoms with Crippen LogP contribution in [0.5, 0.6) is 0 Å². The van der Waals surface area contributed by atoms with Crippen molar-refractivity contribution in [1.82, 2.24) is 0 Å². The van der Waals surface area contributed by atoms with Crippen LogP contribution in [0.25, 0.3) is 0 Å². The largest absolute Gasteiger partial charge is 0.344 e. The van der Waals surface area contributed by atoms with Gasteiger partial charge in [0.25, 0.3) is 0 Å². The molecule has 21 heavy (non-hydrogen) atoms. The zero-order chi connectivity index (χ0) is 14.9. The molecule has 0 radical (unpaired) electrons. The summed E-state index contributed by atoms with van der Waals surface area (Å²) >= 11 is 6.12. The summed E-state index contributed by atoms with van der Waals surface area (Å²) in [7, 11) is 0. The van der Waals surface area contributed by atoms with E-state index < -0.39 is 0 Å². The second-order valence-electron chi connectivity index (χ2n) is 6.12. The number of benzene rings is 2. The molecule has 0 bridgehead atoms. The first-order chi connectivity index (χ1) is 10.0. The first kappa shape index (κ1) is 14.2. The van der Waals surface area contributed by atoms with E-state index in [9.17, 15) is 0 Å². The third-order valence-corrected chi connectivity index (χ3v) is 4.13. The number of nitrogens with zero attached hydrogens (tertiary/aromatic N) is 1. The van der Waals surface area contributed by atoms with E-state index in [2.05, 4.69) is 37.4 Å². The van der Waals surface area contributed by atoms with Gasteiger partial charge >= 0.3 is 0 Å². The van der Waals surface area contributed by atoms with E-state index in [1.165, 1.54) is 11.1 Å². The molecule has 0 unspecified atom stereocenters. The molecular formula is C18H19ClN2. The molecule has 108 valence electrons. The first-order valence-corrected chi connectivity index (χ1v) is 7.57. The quantitative estimate of drug-likeness (QED) is 0.826. The third kappa shape index (κ3) is 3.11. The summed E-state index contributed by atoms with van der Waals surface area (Å²) < 4.78 is 0. The van der Waals surface area contributed by atoms with Crippen LogP contribution in [0.2, 0.25) is 5.02 Å². The van der Waals surface area contributed by atoms with Gasteiger partial charge in [0.05, 0.1) is 6.54 Å². The summed E-state index contributed by atoms with van der Waals surface area (Å²) in [5.74, 6) is 1.04. The minimum absolute atomic E-state index is 0.0427. The molecule has 0 fully saturated rings. The van der Waals surface area contributed by atoms with Gasteiger partial charge in [0.15, 0.2) is 0 Å². The lowest BCUT2D eigenvalue weighted by molar-refractivity contribution is 0.543. The average molecular weight is 299 g/mol. The molecule has 3 heteroatoms. The smallest absolute Gasteiger partial charge is 0.102 e. The predicted molar refractivity (Wildman–Crippen MR) is 90.3 cm³/mol. The van der Waals surface area contributed by atoms with E-state index in [4.69, 9.17) is 16.6 Å².